The summed E-state index contributed by atoms with van der Waals surface area (Å²) in [6.07, 6.45) is 10.1. The molecule has 1 saturated carbocycles. The average molecular weight is 351 g/mol. The number of hydrazine groups is 1. The fourth-order valence-corrected chi connectivity index (χ4v) is 5.95. The van der Waals surface area contributed by atoms with Crippen molar-refractivity contribution in [1.29, 1.82) is 0 Å². The summed E-state index contributed by atoms with van der Waals surface area (Å²) in [6, 6.07) is 0.634. The Morgan fingerprint density at radius 3 is 2.60 bits per heavy atom. The van der Waals surface area contributed by atoms with Crippen LogP contribution in [0.4, 0.5) is 0 Å². The lowest BCUT2D eigenvalue weighted by Gasteiger charge is -2.46. The molecular formula is C19H34N4O2. The molecule has 3 saturated heterocycles. The van der Waals surface area contributed by atoms with Gasteiger partial charge in [0.2, 0.25) is 0 Å². The molecule has 0 amide bonds. The Kier molecular flexibility index (Phi) is 5.32. The fourth-order valence-electron chi connectivity index (χ4n) is 5.95. The van der Waals surface area contributed by atoms with Crippen molar-refractivity contribution in [3.05, 3.63) is 0 Å². The van der Waals surface area contributed by atoms with Crippen LogP contribution in [0.3, 0.4) is 0 Å². The van der Waals surface area contributed by atoms with Crippen molar-refractivity contribution in [3.8, 4) is 0 Å². The molecule has 4 fully saturated rings. The average Bonchev–Trinajstić information content (AvgIpc) is 3.19. The molecule has 0 spiro atoms. The van der Waals surface area contributed by atoms with E-state index >= 15 is 0 Å². The highest BCUT2D eigenvalue weighted by Gasteiger charge is 2.47. The molecule has 3 N–H and O–H groups in total. The minimum absolute atomic E-state index is 0.106. The second kappa shape index (κ2) is 7.51. The van der Waals surface area contributed by atoms with Crippen LogP contribution in [-0.4, -0.2) is 65.9 Å². The number of nitrogens with zero attached hydrogens (tertiary/aromatic N) is 2. The number of carboxylic acids is 1. The Hall–Kier alpha value is -0.690. The van der Waals surface area contributed by atoms with Crippen molar-refractivity contribution in [2.24, 2.45) is 17.8 Å². The molecular weight excluding hydrogens is 316 g/mol. The van der Waals surface area contributed by atoms with Gasteiger partial charge in [0.15, 0.2) is 0 Å². The van der Waals surface area contributed by atoms with E-state index in [9.17, 15) is 9.90 Å². The van der Waals surface area contributed by atoms with E-state index in [4.69, 9.17) is 0 Å². The minimum Gasteiger partial charge on any atom is -0.481 e. The molecule has 4 rings (SSSR count). The van der Waals surface area contributed by atoms with E-state index < -0.39 is 5.97 Å². The van der Waals surface area contributed by atoms with Gasteiger partial charge in [0.1, 0.15) is 0 Å². The third-order valence-corrected chi connectivity index (χ3v) is 7.12. The summed E-state index contributed by atoms with van der Waals surface area (Å²) in [6.45, 7) is 3.18. The zero-order chi connectivity index (χ0) is 17.4. The highest BCUT2D eigenvalue weighted by molar-refractivity contribution is 5.67. The highest BCUT2D eigenvalue weighted by Crippen LogP contribution is 2.41. The Morgan fingerprint density at radius 1 is 1.12 bits per heavy atom. The Bertz CT molecular complexity index is 482. The summed E-state index contributed by atoms with van der Waals surface area (Å²) in [4.78, 5) is 13.8. The fraction of sp³-hybridized carbons (Fsp3) is 0.947. The number of fused-ring (bicyclic) bond motifs is 1. The van der Waals surface area contributed by atoms with E-state index in [2.05, 4.69) is 27.7 Å². The first kappa shape index (κ1) is 17.7. The van der Waals surface area contributed by atoms with Crippen molar-refractivity contribution in [1.82, 2.24) is 20.7 Å². The first-order valence-corrected chi connectivity index (χ1v) is 10.3. The van der Waals surface area contributed by atoms with Crippen LogP contribution in [0.15, 0.2) is 0 Å². The molecule has 6 nitrogen and oxygen atoms in total. The van der Waals surface area contributed by atoms with Gasteiger partial charge < -0.3 is 5.11 Å². The second-order valence-corrected chi connectivity index (χ2v) is 8.86. The number of carbonyl (C=O) groups is 1. The Labute approximate surface area is 151 Å². The molecule has 6 heteroatoms. The lowest BCUT2D eigenvalue weighted by Crippen LogP contribution is -2.56. The maximum absolute atomic E-state index is 11.2. The van der Waals surface area contributed by atoms with Gasteiger partial charge in [0.25, 0.3) is 0 Å². The van der Waals surface area contributed by atoms with E-state index in [-0.39, 0.29) is 12.5 Å². The molecule has 142 valence electrons. The van der Waals surface area contributed by atoms with Crippen LogP contribution in [0.2, 0.25) is 0 Å². The maximum Gasteiger partial charge on any atom is 0.304 e. The quantitative estimate of drug-likeness (QED) is 0.714. The van der Waals surface area contributed by atoms with Crippen LogP contribution in [0, 0.1) is 17.8 Å². The number of nitrogens with one attached hydrogen (secondary N) is 2. The van der Waals surface area contributed by atoms with Crippen LogP contribution in [-0.2, 0) is 4.79 Å². The molecule has 3 heterocycles. The lowest BCUT2D eigenvalue weighted by molar-refractivity contribution is -0.137. The molecule has 3 aliphatic heterocycles. The summed E-state index contributed by atoms with van der Waals surface area (Å²) in [7, 11) is 2.13. The highest BCUT2D eigenvalue weighted by atomic mass is 16.4. The summed E-state index contributed by atoms with van der Waals surface area (Å²) < 4.78 is 0. The van der Waals surface area contributed by atoms with Gasteiger partial charge in [-0.1, -0.05) is 32.1 Å². The van der Waals surface area contributed by atoms with E-state index in [1.54, 1.807) is 0 Å². The zero-order valence-corrected chi connectivity index (χ0v) is 15.5. The van der Waals surface area contributed by atoms with E-state index in [1.807, 2.05) is 0 Å². The molecule has 4 aliphatic rings. The largest absolute Gasteiger partial charge is 0.481 e. The van der Waals surface area contributed by atoms with Crippen LogP contribution >= 0.6 is 0 Å². The van der Waals surface area contributed by atoms with Gasteiger partial charge >= 0.3 is 5.97 Å². The minimum atomic E-state index is -0.684. The lowest BCUT2D eigenvalue weighted by atomic mass is 9.72. The predicted octanol–water partition coefficient (Wildman–Crippen LogP) is 1.49. The molecule has 5 unspecified atom stereocenters. The van der Waals surface area contributed by atoms with Gasteiger partial charge in [-0.15, -0.1) is 0 Å². The van der Waals surface area contributed by atoms with E-state index in [1.165, 1.54) is 44.9 Å². The first-order valence-electron chi connectivity index (χ1n) is 10.3. The molecule has 0 aromatic carbocycles. The second-order valence-electron chi connectivity index (χ2n) is 8.86. The maximum atomic E-state index is 11.2. The number of rotatable bonds is 4. The third kappa shape index (κ3) is 3.87. The molecule has 25 heavy (non-hydrogen) atoms. The SMILES string of the molecule is CN1CCC(C2CC(C3CCCCC3)CN3CC(CC(=O)O)NC23)N1. The zero-order valence-electron chi connectivity index (χ0n) is 15.5. The van der Waals surface area contributed by atoms with Gasteiger partial charge in [0.05, 0.1) is 12.6 Å². The van der Waals surface area contributed by atoms with Gasteiger partial charge in [-0.05, 0) is 24.7 Å². The molecule has 0 aromatic heterocycles. The number of piperidine rings is 1. The Morgan fingerprint density at radius 2 is 1.92 bits per heavy atom. The standard InChI is InChI=1S/C19H34N4O2/c1-22-8-7-17(21-22)16-9-14(13-5-3-2-4-6-13)11-23-12-15(10-18(24)25)20-19(16)23/h13-17,19-21H,2-12H2,1H3,(H,24,25). The van der Waals surface area contributed by atoms with Crippen molar-refractivity contribution < 1.29 is 9.90 Å². The molecule has 1 aliphatic carbocycles. The van der Waals surface area contributed by atoms with Crippen LogP contribution in [0.1, 0.15) is 51.4 Å². The van der Waals surface area contributed by atoms with Gasteiger partial charge in [0, 0.05) is 44.7 Å². The summed E-state index contributed by atoms with van der Waals surface area (Å²) in [5.41, 5.74) is 3.67. The number of hydrogen-bond donors (Lipinski definition) is 3. The van der Waals surface area contributed by atoms with Crippen LogP contribution in [0.5, 0.6) is 0 Å². The van der Waals surface area contributed by atoms with Crippen molar-refractivity contribution in [2.45, 2.75) is 69.6 Å². The number of aliphatic carboxylic acids is 1. The van der Waals surface area contributed by atoms with Crippen LogP contribution in [0.25, 0.3) is 0 Å². The van der Waals surface area contributed by atoms with Crippen molar-refractivity contribution in [2.75, 3.05) is 26.7 Å². The topological polar surface area (TPSA) is 67.8 Å². The van der Waals surface area contributed by atoms with Gasteiger partial charge in [-0.2, -0.15) is 0 Å². The normalized spacial score (nSPS) is 41.1. The molecule has 0 bridgehead atoms. The predicted molar refractivity (Wildman–Crippen MR) is 96.9 cm³/mol. The van der Waals surface area contributed by atoms with E-state index in [0.717, 1.165) is 31.5 Å². The van der Waals surface area contributed by atoms with Crippen LogP contribution < -0.4 is 10.7 Å². The molecule has 5 atom stereocenters. The number of hydrogen-bond acceptors (Lipinski definition) is 5. The Balaban J connectivity index is 1.48. The monoisotopic (exact) mass is 350 g/mol. The summed E-state index contributed by atoms with van der Waals surface area (Å²) >= 11 is 0. The molecule has 0 radical (unpaired) electrons. The first-order chi connectivity index (χ1) is 12.1. The third-order valence-electron chi connectivity index (χ3n) is 7.12. The summed E-state index contributed by atoms with van der Waals surface area (Å²) in [5.74, 6) is 1.58. The molecule has 0 aromatic rings. The summed E-state index contributed by atoms with van der Waals surface area (Å²) in [5, 5.41) is 15.1. The van der Waals surface area contributed by atoms with Crippen molar-refractivity contribution in [3.63, 3.8) is 0 Å². The van der Waals surface area contributed by atoms with E-state index in [0.29, 0.717) is 18.1 Å². The van der Waals surface area contributed by atoms with Gasteiger partial charge in [-0.3, -0.25) is 20.4 Å². The van der Waals surface area contributed by atoms with Crippen molar-refractivity contribution >= 4 is 5.97 Å². The van der Waals surface area contributed by atoms with Gasteiger partial charge in [-0.25, -0.2) is 5.01 Å². The smallest absolute Gasteiger partial charge is 0.304 e. The number of carboxylic acid groups (broad SMARTS) is 1.